The Bertz CT molecular complexity index is 3210. The molecule has 272 valence electrons. The molecule has 0 bridgehead atoms. The molecule has 0 amide bonds. The van der Waals surface area contributed by atoms with E-state index in [2.05, 4.69) is 203 Å². The second-order valence-corrected chi connectivity index (χ2v) is 17.2. The van der Waals surface area contributed by atoms with E-state index >= 15 is 0 Å². The van der Waals surface area contributed by atoms with E-state index < -0.39 is 0 Å². The molecule has 2 unspecified atom stereocenters. The number of fused-ring (bicyclic) bond motifs is 9. The lowest BCUT2D eigenvalue weighted by Crippen LogP contribution is -2.54. The molecule has 0 radical (unpaired) electrons. The fraction of sp³-hybridized carbons (Fsp3) is 0.0588. The molecule has 1 aliphatic heterocycles. The molecule has 8 aromatic carbocycles. The van der Waals surface area contributed by atoms with Crippen LogP contribution in [-0.4, -0.2) is 4.57 Å². The topological polar surface area (TPSA) is 41.0 Å². The van der Waals surface area contributed by atoms with Gasteiger partial charge in [-0.2, -0.15) is 0 Å². The van der Waals surface area contributed by atoms with Gasteiger partial charge in [-0.1, -0.05) is 133 Å². The number of thiophene rings is 2. The van der Waals surface area contributed by atoms with Crippen LogP contribution in [-0.2, 0) is 0 Å². The summed E-state index contributed by atoms with van der Waals surface area (Å²) in [6, 6.07) is 66.6. The largest absolute Gasteiger partial charge is 0.309 e. The van der Waals surface area contributed by atoms with Gasteiger partial charge in [0.15, 0.2) is 0 Å². The Morgan fingerprint density at radius 2 is 0.965 bits per heavy atom. The summed E-state index contributed by atoms with van der Waals surface area (Å²) in [5, 5.41) is 19.3. The highest BCUT2D eigenvalue weighted by molar-refractivity contribution is 7.26. The monoisotopic (exact) mass is 768 g/mol. The van der Waals surface area contributed by atoms with Crippen LogP contribution in [0.2, 0.25) is 0 Å². The van der Waals surface area contributed by atoms with E-state index in [1.165, 1.54) is 95.7 Å². The van der Waals surface area contributed by atoms with Gasteiger partial charge in [0, 0.05) is 56.8 Å². The maximum absolute atomic E-state index is 3.86. The maximum atomic E-state index is 3.86. The molecule has 3 aromatic heterocycles. The first-order valence-corrected chi connectivity index (χ1v) is 21.2. The quantitative estimate of drug-likeness (QED) is 0.163. The number of nitrogens with one attached hydrogen (secondary N) is 3. The first-order valence-electron chi connectivity index (χ1n) is 19.5. The lowest BCUT2D eigenvalue weighted by atomic mass is 9.98. The number of aromatic nitrogens is 1. The molecule has 6 heteroatoms. The summed E-state index contributed by atoms with van der Waals surface area (Å²) in [5.41, 5.74) is 9.87. The average Bonchev–Trinajstić information content (AvgIpc) is 3.95. The van der Waals surface area contributed by atoms with Crippen LogP contribution in [0.4, 0.5) is 0 Å². The van der Waals surface area contributed by atoms with E-state index in [4.69, 9.17) is 0 Å². The van der Waals surface area contributed by atoms with E-state index in [9.17, 15) is 0 Å². The zero-order valence-electron chi connectivity index (χ0n) is 30.8. The third-order valence-electron chi connectivity index (χ3n) is 11.7. The van der Waals surface area contributed by atoms with E-state index in [0.717, 1.165) is 0 Å². The lowest BCUT2D eigenvalue weighted by Gasteiger charge is -2.39. The summed E-state index contributed by atoms with van der Waals surface area (Å²) in [6.45, 7) is 0. The van der Waals surface area contributed by atoms with Crippen LogP contribution < -0.4 is 16.0 Å². The lowest BCUT2D eigenvalue weighted by molar-refractivity contribution is 0.203. The van der Waals surface area contributed by atoms with Crippen molar-refractivity contribution < 1.29 is 0 Å². The number of para-hydroxylation sites is 2. The van der Waals surface area contributed by atoms with E-state index in [1.54, 1.807) is 0 Å². The van der Waals surface area contributed by atoms with Gasteiger partial charge < -0.3 is 4.57 Å². The summed E-state index contributed by atoms with van der Waals surface area (Å²) in [5.74, 6) is 0. The molecule has 2 atom stereocenters. The molecule has 0 spiro atoms. The van der Waals surface area contributed by atoms with Crippen molar-refractivity contribution in [2.75, 3.05) is 0 Å². The van der Waals surface area contributed by atoms with Crippen molar-refractivity contribution in [2.24, 2.45) is 0 Å². The van der Waals surface area contributed by atoms with Gasteiger partial charge in [0.2, 0.25) is 0 Å². The fourth-order valence-electron chi connectivity index (χ4n) is 9.05. The third-order valence-corrected chi connectivity index (χ3v) is 14.0. The normalized spacial score (nSPS) is 17.4. The van der Waals surface area contributed by atoms with Crippen molar-refractivity contribution in [1.29, 1.82) is 0 Å². The van der Waals surface area contributed by atoms with Gasteiger partial charge in [-0.05, 0) is 76.3 Å². The van der Waals surface area contributed by atoms with Gasteiger partial charge in [-0.15, -0.1) is 22.7 Å². The summed E-state index contributed by atoms with van der Waals surface area (Å²) in [6.07, 6.45) is -0.0484. The van der Waals surface area contributed by atoms with E-state index in [-0.39, 0.29) is 18.5 Å². The highest BCUT2D eigenvalue weighted by atomic mass is 32.1. The SMILES string of the molecule is c1ccc(C2NC(c3ccccc3)NC(c3ccc4sc5cc(-c6cccc7sc8cc(-n9c%10ccccc%10c%10ccccc%109)ccc8c67)ccc5c4c3)N2)cc1. The van der Waals surface area contributed by atoms with Gasteiger partial charge in [0.05, 0.1) is 29.5 Å². The van der Waals surface area contributed by atoms with Crippen molar-refractivity contribution in [2.45, 2.75) is 18.5 Å². The van der Waals surface area contributed by atoms with E-state index in [0.29, 0.717) is 0 Å². The van der Waals surface area contributed by atoms with Crippen LogP contribution in [0.1, 0.15) is 35.2 Å². The van der Waals surface area contributed by atoms with Crippen LogP contribution in [0.3, 0.4) is 0 Å². The number of nitrogens with zero attached hydrogens (tertiary/aromatic N) is 1. The van der Waals surface area contributed by atoms with Gasteiger partial charge in [-0.25, -0.2) is 0 Å². The highest BCUT2D eigenvalue weighted by Gasteiger charge is 2.30. The Hall–Kier alpha value is -6.12. The minimum absolute atomic E-state index is 0.00345. The Morgan fingerprint density at radius 3 is 1.67 bits per heavy atom. The predicted molar refractivity (Wildman–Crippen MR) is 243 cm³/mol. The molecule has 3 N–H and O–H groups in total. The van der Waals surface area contributed by atoms with Crippen molar-refractivity contribution in [3.63, 3.8) is 0 Å². The molecule has 12 rings (SSSR count). The molecular formula is C51H36N4S2. The smallest absolute Gasteiger partial charge is 0.0864 e. The minimum Gasteiger partial charge on any atom is -0.309 e. The van der Waals surface area contributed by atoms with Crippen LogP contribution in [0, 0.1) is 0 Å². The van der Waals surface area contributed by atoms with Gasteiger partial charge in [-0.3, -0.25) is 16.0 Å². The van der Waals surface area contributed by atoms with E-state index in [1.807, 2.05) is 22.7 Å². The first kappa shape index (κ1) is 33.1. The zero-order chi connectivity index (χ0) is 37.5. The Morgan fingerprint density at radius 1 is 0.368 bits per heavy atom. The molecule has 4 nitrogen and oxygen atoms in total. The van der Waals surface area contributed by atoms with Crippen molar-refractivity contribution in [3.05, 3.63) is 199 Å². The first-order chi connectivity index (χ1) is 28.2. The fourth-order valence-corrected chi connectivity index (χ4v) is 11.3. The number of benzene rings is 8. The molecular weight excluding hydrogens is 733 g/mol. The Labute approximate surface area is 337 Å². The summed E-state index contributed by atoms with van der Waals surface area (Å²) >= 11 is 3.77. The van der Waals surface area contributed by atoms with Crippen molar-refractivity contribution in [3.8, 4) is 16.8 Å². The van der Waals surface area contributed by atoms with Crippen LogP contribution >= 0.6 is 22.7 Å². The van der Waals surface area contributed by atoms with Crippen LogP contribution in [0.15, 0.2) is 182 Å². The number of hydrogen-bond donors (Lipinski definition) is 3. The zero-order valence-corrected chi connectivity index (χ0v) is 32.4. The second kappa shape index (κ2) is 13.2. The predicted octanol–water partition coefficient (Wildman–Crippen LogP) is 13.4. The summed E-state index contributed by atoms with van der Waals surface area (Å²) in [4.78, 5) is 0. The van der Waals surface area contributed by atoms with Crippen molar-refractivity contribution in [1.82, 2.24) is 20.5 Å². The summed E-state index contributed by atoms with van der Waals surface area (Å²) in [7, 11) is 0. The molecule has 0 saturated carbocycles. The molecule has 57 heavy (non-hydrogen) atoms. The molecule has 1 saturated heterocycles. The molecule has 11 aromatic rings. The number of rotatable bonds is 5. The molecule has 1 fully saturated rings. The van der Waals surface area contributed by atoms with Gasteiger partial charge in [0.1, 0.15) is 0 Å². The Kier molecular flexibility index (Phi) is 7.68. The summed E-state index contributed by atoms with van der Waals surface area (Å²) < 4.78 is 7.64. The molecule has 4 heterocycles. The van der Waals surface area contributed by atoms with Crippen molar-refractivity contribution >= 4 is 84.8 Å². The van der Waals surface area contributed by atoms with Crippen LogP contribution in [0.5, 0.6) is 0 Å². The third kappa shape index (κ3) is 5.45. The second-order valence-electron chi connectivity index (χ2n) is 15.0. The maximum Gasteiger partial charge on any atom is 0.0864 e. The van der Waals surface area contributed by atoms with Gasteiger partial charge >= 0.3 is 0 Å². The molecule has 1 aliphatic rings. The highest BCUT2D eigenvalue weighted by Crippen LogP contribution is 2.44. The van der Waals surface area contributed by atoms with Gasteiger partial charge in [0.25, 0.3) is 0 Å². The Balaban J connectivity index is 0.922. The molecule has 0 aliphatic carbocycles. The average molecular weight is 769 g/mol. The minimum atomic E-state index is -0.0415. The standard InChI is InChI=1S/C51H36N4S2/c1-3-12-31(13-4-1)49-52-50(32-14-5-2-6-15-32)54-51(53-49)34-23-27-44-41(28-34)39-25-22-33(29-46(39)56-44)36-18-11-21-45-48(36)40-26-24-35(30-47(40)57-45)55-42-19-9-7-16-37(42)38-17-8-10-20-43(38)55/h1-30,49-54H. The van der Waals surface area contributed by atoms with Crippen LogP contribution in [0.25, 0.3) is 79.0 Å². The number of hydrogen-bond acceptors (Lipinski definition) is 5.